The number of ether oxygens (including phenoxy) is 2. The number of para-hydroxylation sites is 1. The Morgan fingerprint density at radius 2 is 1.80 bits per heavy atom. The van der Waals surface area contributed by atoms with Crippen molar-refractivity contribution in [3.8, 4) is 11.5 Å². The van der Waals surface area contributed by atoms with E-state index < -0.39 is 5.82 Å². The summed E-state index contributed by atoms with van der Waals surface area (Å²) in [7, 11) is 3.10. The molecule has 0 spiro atoms. The molecule has 106 valence electrons. The molecule has 0 saturated carbocycles. The van der Waals surface area contributed by atoms with E-state index in [2.05, 4.69) is 5.32 Å². The average molecular weight is 276 g/mol. The van der Waals surface area contributed by atoms with Crippen LogP contribution in [-0.4, -0.2) is 14.2 Å². The van der Waals surface area contributed by atoms with Gasteiger partial charge in [-0.15, -0.1) is 0 Å². The number of benzene rings is 2. The van der Waals surface area contributed by atoms with Gasteiger partial charge in [-0.1, -0.05) is 18.2 Å². The third-order valence-electron chi connectivity index (χ3n) is 2.98. The summed E-state index contributed by atoms with van der Waals surface area (Å²) in [6.45, 7) is 0.438. The van der Waals surface area contributed by atoms with Crippen molar-refractivity contribution < 1.29 is 13.9 Å². The van der Waals surface area contributed by atoms with Crippen molar-refractivity contribution in [2.45, 2.75) is 6.54 Å². The van der Waals surface area contributed by atoms with Crippen molar-refractivity contribution in [1.82, 2.24) is 0 Å². The van der Waals surface area contributed by atoms with Crippen LogP contribution in [0.25, 0.3) is 0 Å². The summed E-state index contributed by atoms with van der Waals surface area (Å²) in [5.74, 6) is 0.773. The van der Waals surface area contributed by atoms with Crippen molar-refractivity contribution in [3.63, 3.8) is 0 Å². The molecule has 2 aromatic carbocycles. The largest absolute Gasteiger partial charge is 0.496 e. The number of anilines is 2. The van der Waals surface area contributed by atoms with Crippen molar-refractivity contribution in [3.05, 3.63) is 47.8 Å². The van der Waals surface area contributed by atoms with E-state index in [0.29, 0.717) is 18.0 Å². The van der Waals surface area contributed by atoms with E-state index >= 15 is 0 Å². The van der Waals surface area contributed by atoms with E-state index in [1.807, 2.05) is 24.3 Å². The second kappa shape index (κ2) is 6.14. The van der Waals surface area contributed by atoms with Gasteiger partial charge in [0.25, 0.3) is 0 Å². The highest BCUT2D eigenvalue weighted by Gasteiger charge is 2.09. The van der Waals surface area contributed by atoms with Crippen LogP contribution in [0.1, 0.15) is 5.56 Å². The van der Waals surface area contributed by atoms with E-state index in [1.54, 1.807) is 13.2 Å². The van der Waals surface area contributed by atoms with Crippen LogP contribution in [0, 0.1) is 5.82 Å². The molecule has 0 heterocycles. The SMILES string of the molecule is COc1cc(NCc2ccccc2OC)c(F)cc1N. The predicted molar refractivity (Wildman–Crippen MR) is 77.7 cm³/mol. The summed E-state index contributed by atoms with van der Waals surface area (Å²) in [5, 5.41) is 3.02. The van der Waals surface area contributed by atoms with Crippen molar-refractivity contribution in [2.24, 2.45) is 0 Å². The summed E-state index contributed by atoms with van der Waals surface area (Å²) < 4.78 is 24.2. The summed E-state index contributed by atoms with van der Waals surface area (Å²) in [6, 6.07) is 10.3. The Labute approximate surface area is 117 Å². The molecule has 0 atom stereocenters. The molecule has 0 aliphatic rings. The predicted octanol–water partition coefficient (Wildman–Crippen LogP) is 3.04. The molecular weight excluding hydrogens is 259 g/mol. The third kappa shape index (κ3) is 2.93. The van der Waals surface area contributed by atoms with Gasteiger partial charge in [0.2, 0.25) is 0 Å². The van der Waals surface area contributed by atoms with E-state index in [4.69, 9.17) is 15.2 Å². The minimum Gasteiger partial charge on any atom is -0.496 e. The lowest BCUT2D eigenvalue weighted by Crippen LogP contribution is -2.04. The Kier molecular flexibility index (Phi) is 4.30. The second-order valence-corrected chi connectivity index (χ2v) is 4.24. The molecule has 0 bridgehead atoms. The van der Waals surface area contributed by atoms with Crippen molar-refractivity contribution in [2.75, 3.05) is 25.3 Å². The maximum absolute atomic E-state index is 13.8. The first-order valence-corrected chi connectivity index (χ1v) is 6.14. The number of rotatable bonds is 5. The molecule has 0 radical (unpaired) electrons. The summed E-state index contributed by atoms with van der Waals surface area (Å²) in [5.41, 5.74) is 7.18. The zero-order valence-electron chi connectivity index (χ0n) is 11.4. The van der Waals surface area contributed by atoms with E-state index in [1.165, 1.54) is 13.2 Å². The zero-order valence-corrected chi connectivity index (χ0v) is 11.4. The topological polar surface area (TPSA) is 56.5 Å². The summed E-state index contributed by atoms with van der Waals surface area (Å²) in [4.78, 5) is 0. The quantitative estimate of drug-likeness (QED) is 0.824. The molecule has 0 saturated heterocycles. The molecule has 2 aromatic rings. The fourth-order valence-corrected chi connectivity index (χ4v) is 1.92. The Morgan fingerprint density at radius 1 is 1.10 bits per heavy atom. The molecule has 0 aliphatic heterocycles. The van der Waals surface area contributed by atoms with Gasteiger partial charge in [0.1, 0.15) is 17.3 Å². The highest BCUT2D eigenvalue weighted by molar-refractivity contribution is 5.62. The monoisotopic (exact) mass is 276 g/mol. The Bertz CT molecular complexity index is 602. The summed E-state index contributed by atoms with van der Waals surface area (Å²) >= 11 is 0. The molecule has 2 rings (SSSR count). The van der Waals surface area contributed by atoms with Gasteiger partial charge in [0, 0.05) is 24.2 Å². The van der Waals surface area contributed by atoms with Gasteiger partial charge < -0.3 is 20.5 Å². The van der Waals surface area contributed by atoms with Gasteiger partial charge in [-0.05, 0) is 6.07 Å². The van der Waals surface area contributed by atoms with Gasteiger partial charge in [-0.2, -0.15) is 0 Å². The first-order chi connectivity index (χ1) is 9.65. The van der Waals surface area contributed by atoms with Crippen LogP contribution in [0.15, 0.2) is 36.4 Å². The second-order valence-electron chi connectivity index (χ2n) is 4.24. The lowest BCUT2D eigenvalue weighted by atomic mass is 10.2. The van der Waals surface area contributed by atoms with Crippen LogP contribution in [0.3, 0.4) is 0 Å². The Hall–Kier alpha value is -2.43. The van der Waals surface area contributed by atoms with Crippen LogP contribution in [0.2, 0.25) is 0 Å². The lowest BCUT2D eigenvalue weighted by Gasteiger charge is -2.13. The van der Waals surface area contributed by atoms with Crippen LogP contribution in [0.5, 0.6) is 11.5 Å². The standard InChI is InChI=1S/C15H17FN2O2/c1-19-14-6-4-3-5-10(14)9-18-13-8-15(20-2)12(17)7-11(13)16/h3-8,18H,9,17H2,1-2H3. The van der Waals surface area contributed by atoms with Crippen molar-refractivity contribution >= 4 is 11.4 Å². The fourth-order valence-electron chi connectivity index (χ4n) is 1.92. The molecule has 20 heavy (non-hydrogen) atoms. The molecule has 0 amide bonds. The molecule has 0 fully saturated rings. The fraction of sp³-hybridized carbons (Fsp3) is 0.200. The van der Waals surface area contributed by atoms with Gasteiger partial charge in [-0.25, -0.2) is 4.39 Å². The number of nitrogen functional groups attached to an aromatic ring is 1. The van der Waals surface area contributed by atoms with Gasteiger partial charge in [-0.3, -0.25) is 0 Å². The molecule has 5 heteroatoms. The Morgan fingerprint density at radius 3 is 2.50 bits per heavy atom. The van der Waals surface area contributed by atoms with Crippen molar-refractivity contribution in [1.29, 1.82) is 0 Å². The first kappa shape index (κ1) is 14.0. The van der Waals surface area contributed by atoms with Crippen LogP contribution >= 0.6 is 0 Å². The summed E-state index contributed by atoms with van der Waals surface area (Å²) in [6.07, 6.45) is 0. The normalized spacial score (nSPS) is 10.2. The number of nitrogens with two attached hydrogens (primary N) is 1. The minimum absolute atomic E-state index is 0.271. The zero-order chi connectivity index (χ0) is 14.5. The Balaban J connectivity index is 2.18. The van der Waals surface area contributed by atoms with Gasteiger partial charge in [0.05, 0.1) is 25.6 Å². The first-order valence-electron chi connectivity index (χ1n) is 6.14. The molecule has 3 N–H and O–H groups in total. The molecule has 0 aliphatic carbocycles. The van der Waals surface area contributed by atoms with Crippen LogP contribution in [0.4, 0.5) is 15.8 Å². The minimum atomic E-state index is -0.418. The molecule has 0 aromatic heterocycles. The lowest BCUT2D eigenvalue weighted by molar-refractivity contribution is 0.410. The number of hydrogen-bond acceptors (Lipinski definition) is 4. The number of halogens is 1. The van der Waals surface area contributed by atoms with Crippen LogP contribution in [-0.2, 0) is 6.54 Å². The molecule has 0 unspecified atom stereocenters. The van der Waals surface area contributed by atoms with Crippen LogP contribution < -0.4 is 20.5 Å². The van der Waals surface area contributed by atoms with E-state index in [0.717, 1.165) is 11.3 Å². The number of hydrogen-bond donors (Lipinski definition) is 2. The maximum atomic E-state index is 13.8. The number of nitrogens with one attached hydrogen (secondary N) is 1. The average Bonchev–Trinajstić information content (AvgIpc) is 2.46. The highest BCUT2D eigenvalue weighted by atomic mass is 19.1. The smallest absolute Gasteiger partial charge is 0.148 e. The maximum Gasteiger partial charge on any atom is 0.148 e. The molecular formula is C15H17FN2O2. The van der Waals surface area contributed by atoms with E-state index in [-0.39, 0.29) is 5.69 Å². The van der Waals surface area contributed by atoms with Gasteiger partial charge in [0.15, 0.2) is 0 Å². The highest BCUT2D eigenvalue weighted by Crippen LogP contribution is 2.29. The number of methoxy groups -OCH3 is 2. The third-order valence-corrected chi connectivity index (χ3v) is 2.98. The molecule has 4 nitrogen and oxygen atoms in total. The van der Waals surface area contributed by atoms with E-state index in [9.17, 15) is 4.39 Å². The van der Waals surface area contributed by atoms with Gasteiger partial charge >= 0.3 is 0 Å².